The maximum atomic E-state index is 4.79. The number of aromatic nitrogens is 2. The first-order valence-corrected chi connectivity index (χ1v) is 7.63. The molecule has 0 saturated carbocycles. The molecule has 0 bridgehead atoms. The van der Waals surface area contributed by atoms with Crippen LogP contribution in [0.15, 0.2) is 18.2 Å². The first-order chi connectivity index (χ1) is 8.60. The van der Waals surface area contributed by atoms with E-state index in [9.17, 15) is 0 Å². The van der Waals surface area contributed by atoms with E-state index in [0.29, 0.717) is 5.92 Å². The van der Waals surface area contributed by atoms with E-state index >= 15 is 0 Å². The average Bonchev–Trinajstić information content (AvgIpc) is 2.35. The van der Waals surface area contributed by atoms with Gasteiger partial charge < -0.3 is 0 Å². The summed E-state index contributed by atoms with van der Waals surface area (Å²) >= 11 is 2.32. The molecule has 1 aromatic carbocycles. The first kappa shape index (κ1) is 13.7. The van der Waals surface area contributed by atoms with E-state index in [0.717, 1.165) is 29.6 Å². The molecule has 0 atom stereocenters. The molecule has 0 fully saturated rings. The highest BCUT2D eigenvalue weighted by atomic mass is 127. The van der Waals surface area contributed by atoms with Crippen molar-refractivity contribution < 1.29 is 0 Å². The van der Waals surface area contributed by atoms with Gasteiger partial charge in [0.1, 0.15) is 0 Å². The van der Waals surface area contributed by atoms with Gasteiger partial charge in [0.2, 0.25) is 0 Å². The van der Waals surface area contributed by atoms with Crippen LogP contribution in [0, 0.1) is 9.49 Å². The normalized spacial score (nSPS) is 11.4. The van der Waals surface area contributed by atoms with Crippen LogP contribution >= 0.6 is 22.6 Å². The molecule has 0 aliphatic heterocycles. The third kappa shape index (κ3) is 3.19. The van der Waals surface area contributed by atoms with E-state index in [1.165, 1.54) is 15.7 Å². The van der Waals surface area contributed by atoms with E-state index in [1.54, 1.807) is 0 Å². The predicted molar refractivity (Wildman–Crippen MR) is 84.8 cm³/mol. The highest BCUT2D eigenvalue weighted by Gasteiger charge is 2.08. The summed E-state index contributed by atoms with van der Waals surface area (Å²) in [6.07, 6.45) is 3.18. The van der Waals surface area contributed by atoms with Gasteiger partial charge in [0, 0.05) is 3.57 Å². The molecule has 1 aromatic heterocycles. The smallest absolute Gasteiger partial charge is 0.0900 e. The fraction of sp³-hybridized carbons (Fsp3) is 0.467. The SMILES string of the molecule is CCc1nc2cc(I)ccc2nc1CCC(C)C. The Morgan fingerprint density at radius 3 is 2.50 bits per heavy atom. The van der Waals surface area contributed by atoms with Gasteiger partial charge in [-0.05, 0) is 66.0 Å². The third-order valence-corrected chi connectivity index (χ3v) is 3.75. The van der Waals surface area contributed by atoms with Gasteiger partial charge in [0.15, 0.2) is 0 Å². The summed E-state index contributed by atoms with van der Waals surface area (Å²) in [4.78, 5) is 9.56. The molecule has 0 radical (unpaired) electrons. The number of fused-ring (bicyclic) bond motifs is 1. The fourth-order valence-corrected chi connectivity index (χ4v) is 2.48. The van der Waals surface area contributed by atoms with Crippen molar-refractivity contribution in [3.8, 4) is 0 Å². The van der Waals surface area contributed by atoms with E-state index in [2.05, 4.69) is 61.6 Å². The summed E-state index contributed by atoms with van der Waals surface area (Å²) in [5.74, 6) is 0.712. The number of rotatable bonds is 4. The standard InChI is InChI=1S/C15H19IN2/c1-4-12-13(7-5-10(2)3)18-14-8-6-11(16)9-15(14)17-12/h6,8-10H,4-5,7H2,1-3H3. The summed E-state index contributed by atoms with van der Waals surface area (Å²) < 4.78 is 1.21. The van der Waals surface area contributed by atoms with Gasteiger partial charge >= 0.3 is 0 Å². The van der Waals surface area contributed by atoms with Crippen molar-refractivity contribution in [3.63, 3.8) is 0 Å². The molecule has 18 heavy (non-hydrogen) atoms. The Bertz CT molecular complexity index is 549. The van der Waals surface area contributed by atoms with E-state index in [-0.39, 0.29) is 0 Å². The van der Waals surface area contributed by atoms with E-state index < -0.39 is 0 Å². The molecule has 0 N–H and O–H groups in total. The predicted octanol–water partition coefficient (Wildman–Crippen LogP) is 4.39. The van der Waals surface area contributed by atoms with E-state index in [4.69, 9.17) is 9.97 Å². The lowest BCUT2D eigenvalue weighted by Crippen LogP contribution is -2.03. The number of nitrogens with zero attached hydrogens (tertiary/aromatic N) is 2. The van der Waals surface area contributed by atoms with Crippen LogP contribution in [-0.2, 0) is 12.8 Å². The lowest BCUT2D eigenvalue weighted by molar-refractivity contribution is 0.579. The summed E-state index contributed by atoms with van der Waals surface area (Å²) in [6, 6.07) is 6.27. The first-order valence-electron chi connectivity index (χ1n) is 6.55. The summed E-state index contributed by atoms with van der Waals surface area (Å²) in [7, 11) is 0. The number of benzene rings is 1. The van der Waals surface area contributed by atoms with Crippen LogP contribution in [0.1, 0.15) is 38.6 Å². The minimum absolute atomic E-state index is 0.712. The van der Waals surface area contributed by atoms with Crippen molar-refractivity contribution in [3.05, 3.63) is 33.2 Å². The van der Waals surface area contributed by atoms with Gasteiger partial charge in [0.25, 0.3) is 0 Å². The Morgan fingerprint density at radius 2 is 1.83 bits per heavy atom. The average molecular weight is 354 g/mol. The van der Waals surface area contributed by atoms with Crippen LogP contribution in [0.2, 0.25) is 0 Å². The van der Waals surface area contributed by atoms with Crippen molar-refractivity contribution in [1.29, 1.82) is 0 Å². The summed E-state index contributed by atoms with van der Waals surface area (Å²) in [5.41, 5.74) is 4.38. The molecule has 0 aliphatic carbocycles. The van der Waals surface area contributed by atoms with Crippen LogP contribution < -0.4 is 0 Å². The highest BCUT2D eigenvalue weighted by molar-refractivity contribution is 14.1. The Morgan fingerprint density at radius 1 is 1.11 bits per heavy atom. The molecule has 0 spiro atoms. The molecular weight excluding hydrogens is 335 g/mol. The zero-order chi connectivity index (χ0) is 13.1. The molecule has 0 amide bonds. The lowest BCUT2D eigenvalue weighted by Gasteiger charge is -2.10. The van der Waals surface area contributed by atoms with Crippen LogP contribution in [0.4, 0.5) is 0 Å². The molecule has 1 heterocycles. The van der Waals surface area contributed by atoms with E-state index in [1.807, 2.05) is 0 Å². The van der Waals surface area contributed by atoms with Gasteiger partial charge in [-0.1, -0.05) is 20.8 Å². The molecule has 96 valence electrons. The van der Waals surface area contributed by atoms with Crippen molar-refractivity contribution in [2.24, 2.45) is 5.92 Å². The molecule has 0 aliphatic rings. The number of hydrogen-bond acceptors (Lipinski definition) is 2. The van der Waals surface area contributed by atoms with Crippen molar-refractivity contribution in [1.82, 2.24) is 9.97 Å². The summed E-state index contributed by atoms with van der Waals surface area (Å²) in [5, 5.41) is 0. The third-order valence-electron chi connectivity index (χ3n) is 3.07. The van der Waals surface area contributed by atoms with Crippen molar-refractivity contribution in [2.75, 3.05) is 0 Å². The topological polar surface area (TPSA) is 25.8 Å². The monoisotopic (exact) mass is 354 g/mol. The Labute approximate surface area is 122 Å². The maximum Gasteiger partial charge on any atom is 0.0900 e. The number of aryl methyl sites for hydroxylation is 2. The van der Waals surface area contributed by atoms with Gasteiger partial charge in [-0.25, -0.2) is 9.97 Å². The van der Waals surface area contributed by atoms with Crippen LogP contribution in [0.3, 0.4) is 0 Å². The minimum Gasteiger partial charge on any atom is -0.249 e. The molecule has 2 rings (SSSR count). The van der Waals surface area contributed by atoms with Gasteiger partial charge in [0.05, 0.1) is 22.4 Å². The second-order valence-corrected chi connectivity index (χ2v) is 6.28. The van der Waals surface area contributed by atoms with Crippen molar-refractivity contribution >= 4 is 33.6 Å². The second kappa shape index (κ2) is 5.95. The van der Waals surface area contributed by atoms with Gasteiger partial charge in [-0.3, -0.25) is 0 Å². The largest absolute Gasteiger partial charge is 0.249 e. The molecule has 2 nitrogen and oxygen atoms in total. The highest BCUT2D eigenvalue weighted by Crippen LogP contribution is 2.18. The molecule has 0 unspecified atom stereocenters. The van der Waals surface area contributed by atoms with Gasteiger partial charge in [-0.15, -0.1) is 0 Å². The zero-order valence-electron chi connectivity index (χ0n) is 11.2. The van der Waals surface area contributed by atoms with Crippen LogP contribution in [0.5, 0.6) is 0 Å². The fourth-order valence-electron chi connectivity index (χ4n) is 2.01. The second-order valence-electron chi connectivity index (χ2n) is 5.04. The lowest BCUT2D eigenvalue weighted by atomic mass is 10.0. The number of hydrogen-bond donors (Lipinski definition) is 0. The minimum atomic E-state index is 0.712. The Balaban J connectivity index is 2.42. The number of halogens is 1. The quantitative estimate of drug-likeness (QED) is 0.762. The molecule has 3 heteroatoms. The van der Waals surface area contributed by atoms with Crippen LogP contribution in [-0.4, -0.2) is 9.97 Å². The van der Waals surface area contributed by atoms with Crippen molar-refractivity contribution in [2.45, 2.75) is 40.0 Å². The molecule has 2 aromatic rings. The maximum absolute atomic E-state index is 4.79. The Kier molecular flexibility index (Phi) is 4.54. The summed E-state index contributed by atoms with van der Waals surface area (Å²) in [6.45, 7) is 6.66. The van der Waals surface area contributed by atoms with Gasteiger partial charge in [-0.2, -0.15) is 0 Å². The Hall–Kier alpha value is -0.710. The molecule has 0 saturated heterocycles. The van der Waals surface area contributed by atoms with Crippen LogP contribution in [0.25, 0.3) is 11.0 Å². The zero-order valence-corrected chi connectivity index (χ0v) is 13.4. The molecular formula is C15H19IN2.